The van der Waals surface area contributed by atoms with Gasteiger partial charge in [-0.2, -0.15) is 5.26 Å². The van der Waals surface area contributed by atoms with Crippen LogP contribution in [0.4, 0.5) is 11.6 Å². The van der Waals surface area contributed by atoms with Gasteiger partial charge in [-0.05, 0) is 44.0 Å². The standard InChI is InChI=1S/C15H19N5/c1-5-19(4)15-13(9-16)14(17)20(18-15)12-7-10(2)6-11(3)8-12/h6-8H,5,17H2,1-4H3. The fourth-order valence-electron chi connectivity index (χ4n) is 2.21. The summed E-state index contributed by atoms with van der Waals surface area (Å²) >= 11 is 0. The third-order valence-electron chi connectivity index (χ3n) is 3.30. The van der Waals surface area contributed by atoms with Crippen LogP contribution in [0, 0.1) is 25.2 Å². The first-order chi connectivity index (χ1) is 9.47. The number of anilines is 2. The zero-order valence-electron chi connectivity index (χ0n) is 12.3. The number of nitriles is 1. The molecule has 5 heteroatoms. The average Bonchev–Trinajstić information content (AvgIpc) is 2.73. The zero-order chi connectivity index (χ0) is 14.9. The van der Waals surface area contributed by atoms with E-state index in [0.29, 0.717) is 17.2 Å². The molecule has 0 saturated heterocycles. The monoisotopic (exact) mass is 269 g/mol. The summed E-state index contributed by atoms with van der Waals surface area (Å²) in [6.07, 6.45) is 0. The van der Waals surface area contributed by atoms with Gasteiger partial charge in [-0.15, -0.1) is 5.10 Å². The molecule has 0 aliphatic carbocycles. The molecule has 104 valence electrons. The van der Waals surface area contributed by atoms with Gasteiger partial charge in [0.05, 0.1) is 5.69 Å². The molecule has 2 rings (SSSR count). The number of benzene rings is 1. The van der Waals surface area contributed by atoms with E-state index in [1.54, 1.807) is 4.68 Å². The van der Waals surface area contributed by atoms with Gasteiger partial charge in [0.1, 0.15) is 17.5 Å². The quantitative estimate of drug-likeness (QED) is 0.928. The van der Waals surface area contributed by atoms with Crippen molar-refractivity contribution in [2.45, 2.75) is 20.8 Å². The Labute approximate surface area is 119 Å². The summed E-state index contributed by atoms with van der Waals surface area (Å²) in [6.45, 7) is 6.83. The maximum absolute atomic E-state index is 9.30. The third kappa shape index (κ3) is 2.32. The van der Waals surface area contributed by atoms with E-state index < -0.39 is 0 Å². The van der Waals surface area contributed by atoms with Crippen LogP contribution in [0.15, 0.2) is 18.2 Å². The molecule has 0 unspecified atom stereocenters. The van der Waals surface area contributed by atoms with Crippen molar-refractivity contribution in [2.75, 3.05) is 24.2 Å². The Morgan fingerprint density at radius 1 is 1.30 bits per heavy atom. The first-order valence-corrected chi connectivity index (χ1v) is 6.56. The molecule has 0 atom stereocenters. The number of hydrogen-bond donors (Lipinski definition) is 1. The van der Waals surface area contributed by atoms with E-state index in [1.807, 2.05) is 44.9 Å². The highest BCUT2D eigenvalue weighted by molar-refractivity contribution is 5.67. The summed E-state index contributed by atoms with van der Waals surface area (Å²) in [7, 11) is 1.90. The van der Waals surface area contributed by atoms with Gasteiger partial charge in [0.15, 0.2) is 5.82 Å². The predicted octanol–water partition coefficient (Wildman–Crippen LogP) is 2.40. The van der Waals surface area contributed by atoms with Gasteiger partial charge >= 0.3 is 0 Å². The van der Waals surface area contributed by atoms with Gasteiger partial charge in [0, 0.05) is 13.6 Å². The normalized spacial score (nSPS) is 10.3. The van der Waals surface area contributed by atoms with E-state index in [0.717, 1.165) is 23.4 Å². The molecule has 2 aromatic rings. The molecule has 0 bridgehead atoms. The maximum atomic E-state index is 9.30. The van der Waals surface area contributed by atoms with E-state index in [9.17, 15) is 5.26 Å². The van der Waals surface area contributed by atoms with Gasteiger partial charge < -0.3 is 10.6 Å². The third-order valence-corrected chi connectivity index (χ3v) is 3.30. The topological polar surface area (TPSA) is 70.9 Å². The lowest BCUT2D eigenvalue weighted by molar-refractivity contribution is 0.850. The molecular formula is C15H19N5. The molecule has 20 heavy (non-hydrogen) atoms. The second-order valence-corrected chi connectivity index (χ2v) is 4.97. The van der Waals surface area contributed by atoms with Crippen molar-refractivity contribution in [2.24, 2.45) is 0 Å². The summed E-state index contributed by atoms with van der Waals surface area (Å²) in [5.74, 6) is 0.999. The molecule has 0 spiro atoms. The highest BCUT2D eigenvalue weighted by atomic mass is 15.4. The first kappa shape index (κ1) is 13.9. The summed E-state index contributed by atoms with van der Waals surface area (Å²) in [6, 6.07) is 8.25. The number of nitrogens with zero attached hydrogens (tertiary/aromatic N) is 4. The highest BCUT2D eigenvalue weighted by Crippen LogP contribution is 2.27. The van der Waals surface area contributed by atoms with E-state index in [1.165, 1.54) is 0 Å². The Bertz CT molecular complexity index is 658. The van der Waals surface area contributed by atoms with Crippen molar-refractivity contribution in [3.8, 4) is 11.8 Å². The number of aryl methyl sites for hydroxylation is 2. The Balaban J connectivity index is 2.64. The molecule has 1 heterocycles. The van der Waals surface area contributed by atoms with Gasteiger partial charge in [-0.3, -0.25) is 0 Å². The summed E-state index contributed by atoms with van der Waals surface area (Å²) in [5, 5.41) is 13.8. The van der Waals surface area contributed by atoms with Crippen LogP contribution in [0.5, 0.6) is 0 Å². The number of hydrogen-bond acceptors (Lipinski definition) is 4. The van der Waals surface area contributed by atoms with E-state index in [-0.39, 0.29) is 0 Å². The molecule has 0 aliphatic rings. The molecule has 1 aromatic carbocycles. The largest absolute Gasteiger partial charge is 0.382 e. The lowest BCUT2D eigenvalue weighted by Gasteiger charge is -2.12. The molecule has 1 aromatic heterocycles. The lowest BCUT2D eigenvalue weighted by Crippen LogP contribution is -2.17. The number of rotatable bonds is 3. The average molecular weight is 269 g/mol. The van der Waals surface area contributed by atoms with Crippen LogP contribution in [-0.2, 0) is 0 Å². The lowest BCUT2D eigenvalue weighted by atomic mass is 10.1. The highest BCUT2D eigenvalue weighted by Gasteiger charge is 2.19. The molecule has 5 nitrogen and oxygen atoms in total. The van der Waals surface area contributed by atoms with E-state index in [2.05, 4.69) is 17.2 Å². The number of nitrogen functional groups attached to an aromatic ring is 1. The Hall–Kier alpha value is -2.48. The van der Waals surface area contributed by atoms with Crippen LogP contribution >= 0.6 is 0 Å². The smallest absolute Gasteiger partial charge is 0.171 e. The fourth-order valence-corrected chi connectivity index (χ4v) is 2.21. The molecule has 0 aliphatic heterocycles. The molecule has 2 N–H and O–H groups in total. The van der Waals surface area contributed by atoms with Crippen molar-refractivity contribution in [1.29, 1.82) is 5.26 Å². The Morgan fingerprint density at radius 3 is 2.40 bits per heavy atom. The van der Waals surface area contributed by atoms with Crippen molar-refractivity contribution < 1.29 is 0 Å². The summed E-state index contributed by atoms with van der Waals surface area (Å²) in [4.78, 5) is 1.91. The summed E-state index contributed by atoms with van der Waals surface area (Å²) in [5.41, 5.74) is 9.67. The van der Waals surface area contributed by atoms with Crippen LogP contribution in [0.1, 0.15) is 23.6 Å². The van der Waals surface area contributed by atoms with Gasteiger partial charge in [0.2, 0.25) is 0 Å². The minimum Gasteiger partial charge on any atom is -0.382 e. The van der Waals surface area contributed by atoms with Crippen molar-refractivity contribution in [1.82, 2.24) is 9.78 Å². The number of nitrogens with two attached hydrogens (primary N) is 1. The van der Waals surface area contributed by atoms with Gasteiger partial charge in [-0.25, -0.2) is 4.68 Å². The minimum atomic E-state index is 0.382. The van der Waals surface area contributed by atoms with Crippen LogP contribution in [0.2, 0.25) is 0 Å². The zero-order valence-corrected chi connectivity index (χ0v) is 12.3. The van der Waals surface area contributed by atoms with E-state index >= 15 is 0 Å². The SMILES string of the molecule is CCN(C)c1nn(-c2cc(C)cc(C)c2)c(N)c1C#N. The van der Waals surface area contributed by atoms with Gasteiger partial charge in [0.25, 0.3) is 0 Å². The molecule has 0 amide bonds. The first-order valence-electron chi connectivity index (χ1n) is 6.56. The fraction of sp³-hybridized carbons (Fsp3) is 0.333. The predicted molar refractivity (Wildman–Crippen MR) is 81.1 cm³/mol. The Kier molecular flexibility index (Phi) is 3.66. The molecule has 0 saturated carbocycles. The van der Waals surface area contributed by atoms with Crippen molar-refractivity contribution in [3.63, 3.8) is 0 Å². The maximum Gasteiger partial charge on any atom is 0.171 e. The molecule has 0 radical (unpaired) electrons. The molecular weight excluding hydrogens is 250 g/mol. The van der Waals surface area contributed by atoms with E-state index in [4.69, 9.17) is 5.73 Å². The van der Waals surface area contributed by atoms with Crippen LogP contribution in [0.3, 0.4) is 0 Å². The van der Waals surface area contributed by atoms with Crippen LogP contribution in [0.25, 0.3) is 5.69 Å². The Morgan fingerprint density at radius 2 is 1.90 bits per heavy atom. The van der Waals surface area contributed by atoms with Gasteiger partial charge in [-0.1, -0.05) is 6.07 Å². The second kappa shape index (κ2) is 5.25. The van der Waals surface area contributed by atoms with Crippen molar-refractivity contribution >= 4 is 11.6 Å². The minimum absolute atomic E-state index is 0.382. The van der Waals surface area contributed by atoms with Crippen LogP contribution < -0.4 is 10.6 Å². The second-order valence-electron chi connectivity index (χ2n) is 4.97. The van der Waals surface area contributed by atoms with Crippen LogP contribution in [-0.4, -0.2) is 23.4 Å². The van der Waals surface area contributed by atoms with Crippen molar-refractivity contribution in [3.05, 3.63) is 34.9 Å². The summed E-state index contributed by atoms with van der Waals surface area (Å²) < 4.78 is 1.64. The molecule has 0 fully saturated rings. The number of aromatic nitrogens is 2.